The molecule has 82 valence electrons. The molecule has 1 aromatic heterocycles. The lowest BCUT2D eigenvalue weighted by Gasteiger charge is -2.19. The van der Waals surface area contributed by atoms with Crippen molar-refractivity contribution >= 4 is 5.82 Å². The predicted octanol–water partition coefficient (Wildman–Crippen LogP) is 1.29. The predicted molar refractivity (Wildman–Crippen MR) is 60.9 cm³/mol. The zero-order chi connectivity index (χ0) is 10.7. The maximum atomic E-state index is 4.05. The summed E-state index contributed by atoms with van der Waals surface area (Å²) in [5.41, 5.74) is 1.15. The van der Waals surface area contributed by atoms with Gasteiger partial charge < -0.3 is 10.2 Å². The van der Waals surface area contributed by atoms with E-state index in [2.05, 4.69) is 27.5 Å². The van der Waals surface area contributed by atoms with E-state index in [1.807, 2.05) is 13.0 Å². The largest absolute Gasteiger partial charge is 0.367 e. The van der Waals surface area contributed by atoms with E-state index in [4.69, 9.17) is 0 Å². The van der Waals surface area contributed by atoms with Crippen LogP contribution in [-0.2, 0) is 0 Å². The fraction of sp³-hybridized carbons (Fsp3) is 0.636. The van der Waals surface area contributed by atoms with Crippen molar-refractivity contribution in [3.05, 3.63) is 17.8 Å². The Kier molecular flexibility index (Phi) is 3.16. The van der Waals surface area contributed by atoms with Crippen LogP contribution in [0.15, 0.2) is 12.3 Å². The molecule has 0 aliphatic carbocycles. The Balaban J connectivity index is 1.87. The third-order valence-corrected chi connectivity index (χ3v) is 2.98. The number of rotatable bonds is 3. The van der Waals surface area contributed by atoms with E-state index in [-0.39, 0.29) is 0 Å². The Morgan fingerprint density at radius 1 is 1.60 bits per heavy atom. The number of aromatic nitrogens is 2. The van der Waals surface area contributed by atoms with Crippen LogP contribution in [0.5, 0.6) is 0 Å². The fourth-order valence-electron chi connectivity index (χ4n) is 2.01. The van der Waals surface area contributed by atoms with Crippen molar-refractivity contribution < 1.29 is 0 Å². The summed E-state index contributed by atoms with van der Waals surface area (Å²) in [7, 11) is 2.18. The highest BCUT2D eigenvalue weighted by molar-refractivity contribution is 5.35. The van der Waals surface area contributed by atoms with Gasteiger partial charge in [0, 0.05) is 12.6 Å². The molecule has 1 aliphatic rings. The summed E-state index contributed by atoms with van der Waals surface area (Å²) >= 11 is 0. The van der Waals surface area contributed by atoms with E-state index in [1.165, 1.54) is 19.4 Å². The van der Waals surface area contributed by atoms with Crippen LogP contribution in [-0.4, -0.2) is 41.3 Å². The molecule has 1 saturated heterocycles. The van der Waals surface area contributed by atoms with Crippen LogP contribution in [0.2, 0.25) is 0 Å². The van der Waals surface area contributed by atoms with Gasteiger partial charge in [-0.3, -0.25) is 0 Å². The number of likely N-dealkylation sites (N-methyl/N-ethyl adjacent to an activating group) is 1. The Labute approximate surface area is 90.7 Å². The van der Waals surface area contributed by atoms with Crippen LogP contribution in [0.4, 0.5) is 5.82 Å². The zero-order valence-corrected chi connectivity index (χ0v) is 9.40. The van der Waals surface area contributed by atoms with Crippen LogP contribution in [0.25, 0.3) is 0 Å². The summed E-state index contributed by atoms with van der Waals surface area (Å²) in [5, 5.41) is 11.3. The average Bonchev–Trinajstić information content (AvgIpc) is 2.61. The SMILES string of the molecule is Cc1cnnc(NCC2CCCN2C)c1. The quantitative estimate of drug-likeness (QED) is 0.809. The minimum atomic E-state index is 0.646. The maximum Gasteiger partial charge on any atom is 0.148 e. The molecule has 1 unspecified atom stereocenters. The molecule has 1 aromatic rings. The first-order valence-corrected chi connectivity index (χ1v) is 5.49. The lowest BCUT2D eigenvalue weighted by atomic mass is 10.2. The van der Waals surface area contributed by atoms with E-state index in [0.717, 1.165) is 17.9 Å². The second-order valence-corrected chi connectivity index (χ2v) is 4.28. The van der Waals surface area contributed by atoms with Crippen molar-refractivity contribution in [2.24, 2.45) is 0 Å². The Bertz CT molecular complexity index is 326. The molecular weight excluding hydrogens is 188 g/mol. The van der Waals surface area contributed by atoms with Gasteiger partial charge in [0.25, 0.3) is 0 Å². The highest BCUT2D eigenvalue weighted by atomic mass is 15.2. The monoisotopic (exact) mass is 206 g/mol. The molecule has 1 aliphatic heterocycles. The normalized spacial score (nSPS) is 21.9. The van der Waals surface area contributed by atoms with Crippen LogP contribution in [0, 0.1) is 6.92 Å². The molecule has 0 spiro atoms. The molecule has 0 amide bonds. The molecule has 15 heavy (non-hydrogen) atoms. The van der Waals surface area contributed by atoms with Gasteiger partial charge in [0.1, 0.15) is 5.82 Å². The summed E-state index contributed by atoms with van der Waals surface area (Å²) in [6, 6.07) is 2.68. The van der Waals surface area contributed by atoms with Gasteiger partial charge in [-0.25, -0.2) is 0 Å². The van der Waals surface area contributed by atoms with E-state index >= 15 is 0 Å². The number of likely N-dealkylation sites (tertiary alicyclic amines) is 1. The highest BCUT2D eigenvalue weighted by Crippen LogP contribution is 2.15. The van der Waals surface area contributed by atoms with Crippen LogP contribution in [0.1, 0.15) is 18.4 Å². The van der Waals surface area contributed by atoms with E-state index in [9.17, 15) is 0 Å². The molecule has 2 rings (SSSR count). The summed E-state index contributed by atoms with van der Waals surface area (Å²) in [6.07, 6.45) is 4.36. The first kappa shape index (κ1) is 10.4. The highest BCUT2D eigenvalue weighted by Gasteiger charge is 2.20. The van der Waals surface area contributed by atoms with Crippen molar-refractivity contribution in [2.45, 2.75) is 25.8 Å². The Hall–Kier alpha value is -1.16. The first-order valence-electron chi connectivity index (χ1n) is 5.49. The van der Waals surface area contributed by atoms with Gasteiger partial charge in [-0.15, -0.1) is 5.10 Å². The van der Waals surface area contributed by atoms with Gasteiger partial charge >= 0.3 is 0 Å². The van der Waals surface area contributed by atoms with Crippen molar-refractivity contribution in [1.29, 1.82) is 0 Å². The molecule has 4 heteroatoms. The van der Waals surface area contributed by atoms with Gasteiger partial charge in [-0.2, -0.15) is 5.10 Å². The molecule has 0 saturated carbocycles. The molecule has 0 bridgehead atoms. The smallest absolute Gasteiger partial charge is 0.148 e. The summed E-state index contributed by atoms with van der Waals surface area (Å²) in [5.74, 6) is 0.885. The van der Waals surface area contributed by atoms with E-state index in [0.29, 0.717) is 6.04 Å². The molecule has 0 aromatic carbocycles. The molecular formula is C11H18N4. The van der Waals surface area contributed by atoms with Crippen LogP contribution < -0.4 is 5.32 Å². The third kappa shape index (κ3) is 2.65. The topological polar surface area (TPSA) is 41.1 Å². The standard InChI is InChI=1S/C11H18N4/c1-9-6-11(14-13-7-9)12-8-10-4-3-5-15(10)2/h6-7,10H,3-5,8H2,1-2H3,(H,12,14). The number of hydrogen-bond acceptors (Lipinski definition) is 4. The molecule has 4 nitrogen and oxygen atoms in total. The van der Waals surface area contributed by atoms with Gasteiger partial charge in [-0.05, 0) is 45.0 Å². The molecule has 2 heterocycles. The summed E-state index contributed by atoms with van der Waals surface area (Å²) in [6.45, 7) is 4.21. The van der Waals surface area contributed by atoms with Gasteiger partial charge in [-0.1, -0.05) is 0 Å². The number of anilines is 1. The second-order valence-electron chi connectivity index (χ2n) is 4.28. The molecule has 0 radical (unpaired) electrons. The van der Waals surface area contributed by atoms with E-state index in [1.54, 1.807) is 6.20 Å². The zero-order valence-electron chi connectivity index (χ0n) is 9.40. The average molecular weight is 206 g/mol. The molecule has 1 atom stereocenters. The molecule has 1 N–H and O–H groups in total. The van der Waals surface area contributed by atoms with Crippen molar-refractivity contribution in [1.82, 2.24) is 15.1 Å². The summed E-state index contributed by atoms with van der Waals surface area (Å²) < 4.78 is 0. The summed E-state index contributed by atoms with van der Waals surface area (Å²) in [4.78, 5) is 2.40. The van der Waals surface area contributed by atoms with Gasteiger partial charge in [0.15, 0.2) is 0 Å². The Morgan fingerprint density at radius 3 is 3.13 bits per heavy atom. The molecule has 1 fully saturated rings. The first-order chi connectivity index (χ1) is 7.25. The van der Waals surface area contributed by atoms with Crippen LogP contribution in [0.3, 0.4) is 0 Å². The van der Waals surface area contributed by atoms with E-state index < -0.39 is 0 Å². The fourth-order valence-corrected chi connectivity index (χ4v) is 2.01. The van der Waals surface area contributed by atoms with Crippen molar-refractivity contribution in [3.63, 3.8) is 0 Å². The van der Waals surface area contributed by atoms with Crippen LogP contribution >= 0.6 is 0 Å². The maximum absolute atomic E-state index is 4.05. The van der Waals surface area contributed by atoms with Gasteiger partial charge in [0.2, 0.25) is 0 Å². The minimum Gasteiger partial charge on any atom is -0.367 e. The number of nitrogens with zero attached hydrogens (tertiary/aromatic N) is 3. The van der Waals surface area contributed by atoms with Gasteiger partial charge in [0.05, 0.1) is 6.20 Å². The minimum absolute atomic E-state index is 0.646. The second kappa shape index (κ2) is 4.57. The van der Waals surface area contributed by atoms with Crippen molar-refractivity contribution in [3.8, 4) is 0 Å². The lowest BCUT2D eigenvalue weighted by molar-refractivity contribution is 0.322. The number of aryl methyl sites for hydroxylation is 1. The Morgan fingerprint density at radius 2 is 2.47 bits per heavy atom. The van der Waals surface area contributed by atoms with Crippen molar-refractivity contribution in [2.75, 3.05) is 25.5 Å². The number of hydrogen-bond donors (Lipinski definition) is 1. The number of nitrogens with one attached hydrogen (secondary N) is 1. The lowest BCUT2D eigenvalue weighted by Crippen LogP contribution is -2.31. The third-order valence-electron chi connectivity index (χ3n) is 2.98.